The molecular formula is C19H26ClN3O2. The van der Waals surface area contributed by atoms with Crippen LogP contribution in [0.4, 0.5) is 0 Å². The van der Waals surface area contributed by atoms with Gasteiger partial charge in [0.15, 0.2) is 0 Å². The zero-order valence-electron chi connectivity index (χ0n) is 14.5. The van der Waals surface area contributed by atoms with Gasteiger partial charge in [-0.25, -0.2) is 0 Å². The number of rotatable bonds is 4. The highest BCUT2D eigenvalue weighted by Gasteiger charge is 2.32. The quantitative estimate of drug-likeness (QED) is 0.892. The first-order chi connectivity index (χ1) is 12.0. The summed E-state index contributed by atoms with van der Waals surface area (Å²) < 4.78 is 0. The molecular weight excluding hydrogens is 338 g/mol. The molecule has 0 spiro atoms. The monoisotopic (exact) mass is 363 g/mol. The Morgan fingerprint density at radius 2 is 1.60 bits per heavy atom. The molecule has 0 saturated carbocycles. The normalized spacial score (nSPS) is 20.6. The van der Waals surface area contributed by atoms with Crippen molar-refractivity contribution < 1.29 is 9.59 Å². The third-order valence-corrected chi connectivity index (χ3v) is 5.87. The molecule has 5 nitrogen and oxygen atoms in total. The standard InChI is InChI=1S/C19H26ClN3O2/c20-17-4-2-1-3-16(17)13-22-9-5-15(6-10-22)19(25)23-11-7-14(8-12-23)18(21)24/h1-4,14-15H,5-13H2,(H2,21,24). The number of carbonyl (C=O) groups excluding carboxylic acids is 2. The van der Waals surface area contributed by atoms with Crippen LogP contribution in [0.3, 0.4) is 0 Å². The van der Waals surface area contributed by atoms with Crippen LogP contribution in [0, 0.1) is 11.8 Å². The average Bonchev–Trinajstić information content (AvgIpc) is 2.64. The molecule has 0 bridgehead atoms. The first-order valence-corrected chi connectivity index (χ1v) is 9.46. The molecule has 2 fully saturated rings. The number of hydrogen-bond acceptors (Lipinski definition) is 3. The molecule has 0 aromatic heterocycles. The van der Waals surface area contributed by atoms with Crippen LogP contribution in [0.25, 0.3) is 0 Å². The van der Waals surface area contributed by atoms with Gasteiger partial charge in [-0.2, -0.15) is 0 Å². The van der Waals surface area contributed by atoms with E-state index < -0.39 is 0 Å². The molecule has 1 aromatic rings. The average molecular weight is 364 g/mol. The van der Waals surface area contributed by atoms with E-state index in [0.717, 1.165) is 43.1 Å². The molecule has 2 aliphatic rings. The Balaban J connectivity index is 1.47. The molecule has 0 atom stereocenters. The highest BCUT2D eigenvalue weighted by atomic mass is 35.5. The van der Waals surface area contributed by atoms with Gasteiger partial charge in [-0.1, -0.05) is 29.8 Å². The number of hydrogen-bond donors (Lipinski definition) is 1. The lowest BCUT2D eigenvalue weighted by molar-refractivity contribution is -0.140. The highest BCUT2D eigenvalue weighted by Crippen LogP contribution is 2.25. The molecule has 0 unspecified atom stereocenters. The van der Waals surface area contributed by atoms with Gasteiger partial charge >= 0.3 is 0 Å². The number of halogens is 1. The predicted molar refractivity (Wildman–Crippen MR) is 98.0 cm³/mol. The summed E-state index contributed by atoms with van der Waals surface area (Å²) in [5.74, 6) is 0.0504. The number of nitrogens with zero attached hydrogens (tertiary/aromatic N) is 2. The third-order valence-electron chi connectivity index (χ3n) is 5.50. The smallest absolute Gasteiger partial charge is 0.225 e. The fraction of sp³-hybridized carbons (Fsp3) is 0.579. The van der Waals surface area contributed by atoms with Crippen LogP contribution >= 0.6 is 11.6 Å². The van der Waals surface area contributed by atoms with Gasteiger partial charge in [-0.3, -0.25) is 14.5 Å². The third kappa shape index (κ3) is 4.53. The van der Waals surface area contributed by atoms with Gasteiger partial charge in [0, 0.05) is 36.5 Å². The van der Waals surface area contributed by atoms with Crippen LogP contribution in [-0.4, -0.2) is 47.8 Å². The van der Waals surface area contributed by atoms with Crippen molar-refractivity contribution in [1.82, 2.24) is 9.80 Å². The molecule has 0 aliphatic carbocycles. The van der Waals surface area contributed by atoms with Gasteiger partial charge < -0.3 is 10.6 Å². The molecule has 2 N–H and O–H groups in total. The molecule has 2 saturated heterocycles. The van der Waals surface area contributed by atoms with Crippen LogP contribution in [0.2, 0.25) is 5.02 Å². The summed E-state index contributed by atoms with van der Waals surface area (Å²) in [5, 5.41) is 0.804. The predicted octanol–water partition coefficient (Wildman–Crippen LogP) is 2.28. The van der Waals surface area contributed by atoms with Crippen LogP contribution in [0.1, 0.15) is 31.2 Å². The van der Waals surface area contributed by atoms with Crippen molar-refractivity contribution in [3.8, 4) is 0 Å². The Hall–Kier alpha value is -1.59. The Morgan fingerprint density at radius 1 is 1.00 bits per heavy atom. The van der Waals surface area contributed by atoms with E-state index in [1.54, 1.807) is 0 Å². The zero-order chi connectivity index (χ0) is 17.8. The summed E-state index contributed by atoms with van der Waals surface area (Å²) in [6, 6.07) is 7.93. The molecule has 2 aliphatic heterocycles. The molecule has 6 heteroatoms. The van der Waals surface area contributed by atoms with E-state index in [-0.39, 0.29) is 23.7 Å². The summed E-state index contributed by atoms with van der Waals surface area (Å²) in [6.45, 7) is 3.99. The first kappa shape index (κ1) is 18.2. The number of amides is 2. The molecule has 2 amide bonds. The fourth-order valence-corrected chi connectivity index (χ4v) is 4.04. The summed E-state index contributed by atoms with van der Waals surface area (Å²) in [5.41, 5.74) is 6.50. The maximum absolute atomic E-state index is 12.7. The molecule has 25 heavy (non-hydrogen) atoms. The SMILES string of the molecule is NC(=O)C1CCN(C(=O)C2CCN(Cc3ccccc3Cl)CC2)CC1. The van der Waals surface area contributed by atoms with E-state index in [2.05, 4.69) is 11.0 Å². The van der Waals surface area contributed by atoms with Crippen molar-refractivity contribution in [3.63, 3.8) is 0 Å². The maximum atomic E-state index is 12.7. The van der Waals surface area contributed by atoms with Gasteiger partial charge in [0.05, 0.1) is 0 Å². The number of carbonyl (C=O) groups is 2. The van der Waals surface area contributed by atoms with Crippen molar-refractivity contribution in [3.05, 3.63) is 34.9 Å². The molecule has 136 valence electrons. The maximum Gasteiger partial charge on any atom is 0.225 e. The second-order valence-electron chi connectivity index (χ2n) is 7.14. The van der Waals surface area contributed by atoms with Crippen LogP contribution in [0.5, 0.6) is 0 Å². The van der Waals surface area contributed by atoms with Crippen LogP contribution in [-0.2, 0) is 16.1 Å². The first-order valence-electron chi connectivity index (χ1n) is 9.08. The largest absolute Gasteiger partial charge is 0.369 e. The van der Waals surface area contributed by atoms with Crippen LogP contribution in [0.15, 0.2) is 24.3 Å². The van der Waals surface area contributed by atoms with Gasteiger partial charge in [-0.05, 0) is 50.4 Å². The summed E-state index contributed by atoms with van der Waals surface area (Å²) >= 11 is 6.24. The van der Waals surface area contributed by atoms with E-state index in [1.165, 1.54) is 0 Å². The lowest BCUT2D eigenvalue weighted by Crippen LogP contribution is -2.46. The van der Waals surface area contributed by atoms with Gasteiger partial charge in [0.25, 0.3) is 0 Å². The minimum absolute atomic E-state index is 0.0680. The van der Waals surface area contributed by atoms with E-state index in [4.69, 9.17) is 17.3 Å². The van der Waals surface area contributed by atoms with E-state index >= 15 is 0 Å². The molecule has 1 aromatic carbocycles. The summed E-state index contributed by atoms with van der Waals surface area (Å²) in [4.78, 5) is 28.3. The molecule has 3 rings (SSSR count). The molecule has 0 radical (unpaired) electrons. The minimum Gasteiger partial charge on any atom is -0.369 e. The van der Waals surface area contributed by atoms with E-state index in [9.17, 15) is 9.59 Å². The summed E-state index contributed by atoms with van der Waals surface area (Å²) in [7, 11) is 0. The van der Waals surface area contributed by atoms with E-state index in [0.29, 0.717) is 25.9 Å². The summed E-state index contributed by atoms with van der Waals surface area (Å²) in [6.07, 6.45) is 3.18. The van der Waals surface area contributed by atoms with Crippen LogP contribution < -0.4 is 5.73 Å². The number of benzene rings is 1. The Kier molecular flexibility index (Phi) is 5.97. The Labute approximate surface area is 154 Å². The molecule has 2 heterocycles. The van der Waals surface area contributed by atoms with Gasteiger partial charge in [0.1, 0.15) is 0 Å². The van der Waals surface area contributed by atoms with Crippen molar-refractivity contribution >= 4 is 23.4 Å². The van der Waals surface area contributed by atoms with Crippen molar-refractivity contribution in [2.75, 3.05) is 26.2 Å². The topological polar surface area (TPSA) is 66.6 Å². The number of likely N-dealkylation sites (tertiary alicyclic amines) is 2. The second-order valence-corrected chi connectivity index (χ2v) is 7.55. The number of piperidine rings is 2. The second kappa shape index (κ2) is 8.19. The lowest BCUT2D eigenvalue weighted by Gasteiger charge is -2.36. The van der Waals surface area contributed by atoms with Crippen molar-refractivity contribution in [1.29, 1.82) is 0 Å². The number of nitrogens with two attached hydrogens (primary N) is 1. The lowest BCUT2D eigenvalue weighted by atomic mass is 9.91. The van der Waals surface area contributed by atoms with Crippen molar-refractivity contribution in [2.45, 2.75) is 32.2 Å². The van der Waals surface area contributed by atoms with E-state index in [1.807, 2.05) is 23.1 Å². The van der Waals surface area contributed by atoms with Gasteiger partial charge in [0.2, 0.25) is 11.8 Å². The minimum atomic E-state index is -0.236. The fourth-order valence-electron chi connectivity index (χ4n) is 3.85. The zero-order valence-corrected chi connectivity index (χ0v) is 15.3. The number of primary amides is 1. The van der Waals surface area contributed by atoms with Crippen molar-refractivity contribution in [2.24, 2.45) is 17.6 Å². The van der Waals surface area contributed by atoms with Gasteiger partial charge in [-0.15, -0.1) is 0 Å². The Bertz CT molecular complexity index is 621. The highest BCUT2D eigenvalue weighted by molar-refractivity contribution is 6.31. The Morgan fingerprint density at radius 3 is 2.20 bits per heavy atom.